The molecule has 0 saturated heterocycles. The maximum Gasteiger partial charge on any atom is 0.0455 e. The lowest BCUT2D eigenvalue weighted by Crippen LogP contribution is -2.29. The molecule has 3 rings (SSSR count). The van der Waals surface area contributed by atoms with Crippen molar-refractivity contribution in [3.05, 3.63) is 56.2 Å². The molecule has 1 heterocycles. The van der Waals surface area contributed by atoms with Crippen LogP contribution in [0.5, 0.6) is 0 Å². The van der Waals surface area contributed by atoms with Crippen LogP contribution in [0.15, 0.2) is 40.2 Å². The Bertz CT molecular complexity index is 563. The van der Waals surface area contributed by atoms with Crippen LogP contribution < -0.4 is 5.32 Å². The standard InChI is InChI=1S/C16H18BrNS/c1-18-15(16-14(17)8-9-19-16)13-7-6-11-4-2-3-5-12(11)10-13/h2-5,8-9,13,15,18H,6-7,10H2,1H3. The molecular formula is C16H18BrNS. The lowest BCUT2D eigenvalue weighted by atomic mass is 9.79. The predicted octanol–water partition coefficient (Wildman–Crippen LogP) is 4.58. The Hall–Kier alpha value is -0.640. The third kappa shape index (κ3) is 2.64. The molecule has 0 saturated carbocycles. The Morgan fingerprint density at radius 2 is 2.05 bits per heavy atom. The van der Waals surface area contributed by atoms with Gasteiger partial charge in [0.1, 0.15) is 0 Å². The first kappa shape index (κ1) is 13.3. The minimum atomic E-state index is 0.461. The SMILES string of the molecule is CNC(c1sccc1Br)C1CCc2ccccc2C1. The van der Waals surface area contributed by atoms with E-state index in [1.165, 1.54) is 34.2 Å². The number of rotatable bonds is 3. The average molecular weight is 336 g/mol. The van der Waals surface area contributed by atoms with Crippen LogP contribution in [-0.4, -0.2) is 7.05 Å². The van der Waals surface area contributed by atoms with Crippen molar-refractivity contribution in [1.29, 1.82) is 0 Å². The number of hydrogen-bond acceptors (Lipinski definition) is 2. The monoisotopic (exact) mass is 335 g/mol. The largest absolute Gasteiger partial charge is 0.312 e. The van der Waals surface area contributed by atoms with Crippen molar-refractivity contribution in [3.63, 3.8) is 0 Å². The highest BCUT2D eigenvalue weighted by atomic mass is 79.9. The fourth-order valence-electron chi connectivity index (χ4n) is 3.12. The zero-order valence-electron chi connectivity index (χ0n) is 11.0. The second kappa shape index (κ2) is 5.78. The van der Waals surface area contributed by atoms with Gasteiger partial charge in [-0.3, -0.25) is 0 Å². The number of benzene rings is 1. The molecule has 19 heavy (non-hydrogen) atoms. The topological polar surface area (TPSA) is 12.0 Å². The summed E-state index contributed by atoms with van der Waals surface area (Å²) in [5, 5.41) is 5.69. The summed E-state index contributed by atoms with van der Waals surface area (Å²) in [5.41, 5.74) is 3.07. The number of hydrogen-bond donors (Lipinski definition) is 1. The maximum absolute atomic E-state index is 3.68. The van der Waals surface area contributed by atoms with Gasteiger partial charge in [-0.2, -0.15) is 0 Å². The van der Waals surface area contributed by atoms with E-state index in [9.17, 15) is 0 Å². The third-order valence-electron chi connectivity index (χ3n) is 4.09. The van der Waals surface area contributed by atoms with E-state index in [-0.39, 0.29) is 0 Å². The number of thiophene rings is 1. The van der Waals surface area contributed by atoms with E-state index in [2.05, 4.69) is 64.0 Å². The quantitative estimate of drug-likeness (QED) is 0.865. The molecule has 2 atom stereocenters. The van der Waals surface area contributed by atoms with Crippen LogP contribution in [0.4, 0.5) is 0 Å². The highest BCUT2D eigenvalue weighted by molar-refractivity contribution is 9.10. The van der Waals surface area contributed by atoms with Gasteiger partial charge in [0, 0.05) is 15.4 Å². The van der Waals surface area contributed by atoms with Gasteiger partial charge in [0.05, 0.1) is 0 Å². The van der Waals surface area contributed by atoms with Crippen molar-refractivity contribution < 1.29 is 0 Å². The molecule has 1 aliphatic rings. The first-order valence-electron chi connectivity index (χ1n) is 6.76. The highest BCUT2D eigenvalue weighted by Gasteiger charge is 2.28. The summed E-state index contributed by atoms with van der Waals surface area (Å²) in [6, 6.07) is 11.5. The van der Waals surface area contributed by atoms with Gasteiger partial charge in [-0.25, -0.2) is 0 Å². The third-order valence-corrected chi connectivity index (χ3v) is 6.05. The Morgan fingerprint density at radius 3 is 2.74 bits per heavy atom. The lowest BCUT2D eigenvalue weighted by molar-refractivity contribution is 0.345. The molecule has 1 aromatic carbocycles. The summed E-state index contributed by atoms with van der Waals surface area (Å²) in [5.74, 6) is 0.690. The molecule has 0 amide bonds. The van der Waals surface area contributed by atoms with Crippen LogP contribution in [0, 0.1) is 5.92 Å². The van der Waals surface area contributed by atoms with Gasteiger partial charge in [0.15, 0.2) is 0 Å². The zero-order valence-corrected chi connectivity index (χ0v) is 13.4. The molecule has 100 valence electrons. The lowest BCUT2D eigenvalue weighted by Gasteiger charge is -2.31. The van der Waals surface area contributed by atoms with Crippen molar-refractivity contribution in [2.45, 2.75) is 25.3 Å². The second-order valence-corrected chi connectivity index (χ2v) is 6.97. The molecule has 0 fully saturated rings. The van der Waals surface area contributed by atoms with Crippen LogP contribution in [0.1, 0.15) is 28.5 Å². The van der Waals surface area contributed by atoms with Crippen molar-refractivity contribution >= 4 is 27.3 Å². The fraction of sp³-hybridized carbons (Fsp3) is 0.375. The van der Waals surface area contributed by atoms with Crippen LogP contribution >= 0.6 is 27.3 Å². The van der Waals surface area contributed by atoms with Gasteiger partial charge in [0.2, 0.25) is 0 Å². The Morgan fingerprint density at radius 1 is 1.26 bits per heavy atom. The van der Waals surface area contributed by atoms with Crippen LogP contribution in [0.2, 0.25) is 0 Å². The van der Waals surface area contributed by atoms with Gasteiger partial charge >= 0.3 is 0 Å². The van der Waals surface area contributed by atoms with Crippen molar-refractivity contribution in [1.82, 2.24) is 5.32 Å². The first-order valence-corrected chi connectivity index (χ1v) is 8.44. The predicted molar refractivity (Wildman–Crippen MR) is 85.8 cm³/mol. The number of aryl methyl sites for hydroxylation is 1. The van der Waals surface area contributed by atoms with Gasteiger partial charge in [-0.15, -0.1) is 11.3 Å². The molecule has 0 radical (unpaired) electrons. The summed E-state index contributed by atoms with van der Waals surface area (Å²) < 4.78 is 1.25. The van der Waals surface area contributed by atoms with E-state index < -0.39 is 0 Å². The zero-order chi connectivity index (χ0) is 13.2. The van der Waals surface area contributed by atoms with E-state index in [1.54, 1.807) is 5.56 Å². The highest BCUT2D eigenvalue weighted by Crippen LogP contribution is 2.38. The van der Waals surface area contributed by atoms with E-state index in [4.69, 9.17) is 0 Å². The smallest absolute Gasteiger partial charge is 0.0455 e. The maximum atomic E-state index is 3.68. The van der Waals surface area contributed by atoms with E-state index in [1.807, 2.05) is 11.3 Å². The van der Waals surface area contributed by atoms with Crippen LogP contribution in [0.25, 0.3) is 0 Å². The number of halogens is 1. The average Bonchev–Trinajstić information content (AvgIpc) is 2.86. The molecule has 2 aromatic rings. The van der Waals surface area contributed by atoms with Crippen molar-refractivity contribution in [3.8, 4) is 0 Å². The van der Waals surface area contributed by atoms with E-state index >= 15 is 0 Å². The van der Waals surface area contributed by atoms with Gasteiger partial charge in [-0.1, -0.05) is 24.3 Å². The Kier molecular flexibility index (Phi) is 4.06. The van der Waals surface area contributed by atoms with Gasteiger partial charge in [0.25, 0.3) is 0 Å². The number of nitrogens with one attached hydrogen (secondary N) is 1. The molecule has 3 heteroatoms. The summed E-state index contributed by atoms with van der Waals surface area (Å²) >= 11 is 5.52. The molecule has 1 N–H and O–H groups in total. The first-order chi connectivity index (χ1) is 9.29. The molecule has 1 nitrogen and oxygen atoms in total. The molecule has 0 spiro atoms. The summed E-state index contributed by atoms with van der Waals surface area (Å²) in [4.78, 5) is 1.44. The van der Waals surface area contributed by atoms with E-state index in [0.29, 0.717) is 12.0 Å². The van der Waals surface area contributed by atoms with Gasteiger partial charge in [-0.05, 0) is 70.7 Å². The Balaban J connectivity index is 1.85. The molecular weight excluding hydrogens is 318 g/mol. The summed E-state index contributed by atoms with van der Waals surface area (Å²) in [7, 11) is 2.08. The molecule has 2 unspecified atom stereocenters. The fourth-order valence-corrected chi connectivity index (χ4v) is 4.94. The van der Waals surface area contributed by atoms with Crippen LogP contribution in [-0.2, 0) is 12.8 Å². The number of fused-ring (bicyclic) bond motifs is 1. The van der Waals surface area contributed by atoms with Gasteiger partial charge < -0.3 is 5.32 Å². The summed E-state index contributed by atoms with van der Waals surface area (Å²) in [6.45, 7) is 0. The molecule has 0 bridgehead atoms. The molecule has 1 aliphatic carbocycles. The normalized spacial score (nSPS) is 20.0. The Labute approximate surface area is 127 Å². The second-order valence-electron chi connectivity index (χ2n) is 5.17. The minimum Gasteiger partial charge on any atom is -0.312 e. The minimum absolute atomic E-state index is 0.461. The van der Waals surface area contributed by atoms with Crippen LogP contribution in [0.3, 0.4) is 0 Å². The van der Waals surface area contributed by atoms with Crippen molar-refractivity contribution in [2.75, 3.05) is 7.05 Å². The summed E-state index contributed by atoms with van der Waals surface area (Å²) in [6.07, 6.45) is 3.67. The van der Waals surface area contributed by atoms with E-state index in [0.717, 1.165) is 0 Å². The van der Waals surface area contributed by atoms with Crippen molar-refractivity contribution in [2.24, 2.45) is 5.92 Å². The molecule has 1 aromatic heterocycles. The molecule has 0 aliphatic heterocycles.